The van der Waals surface area contributed by atoms with Crippen LogP contribution in [-0.4, -0.2) is 34.5 Å². The van der Waals surface area contributed by atoms with Crippen molar-refractivity contribution in [2.24, 2.45) is 0 Å². The van der Waals surface area contributed by atoms with Crippen LogP contribution in [-0.2, 0) is 0 Å². The van der Waals surface area contributed by atoms with Gasteiger partial charge >= 0.3 is 70.4 Å². The van der Waals surface area contributed by atoms with E-state index >= 15 is 0 Å². The van der Waals surface area contributed by atoms with Crippen LogP contribution in [0.2, 0.25) is 7.85 Å². The summed E-state index contributed by atoms with van der Waals surface area (Å²) in [6.07, 6.45) is 5.33. The Balaban J connectivity index is 1.91. The van der Waals surface area contributed by atoms with E-state index in [1.807, 2.05) is 0 Å². The van der Waals surface area contributed by atoms with Crippen molar-refractivity contribution in [2.75, 3.05) is 13.1 Å². The van der Waals surface area contributed by atoms with E-state index in [9.17, 15) is 0 Å². The van der Waals surface area contributed by atoms with Gasteiger partial charge in [0.1, 0.15) is 0 Å². The maximum absolute atomic E-state index is 3.47. The Hall–Kier alpha value is 0.570. The summed E-state index contributed by atoms with van der Waals surface area (Å²) < 4.78 is 5.41. The maximum atomic E-state index is 3.47. The van der Waals surface area contributed by atoms with Crippen LogP contribution < -0.4 is 5.32 Å². The zero-order valence-corrected chi connectivity index (χ0v) is 9.64. The van der Waals surface area contributed by atoms with Gasteiger partial charge in [0.2, 0.25) is 0 Å². The Labute approximate surface area is 70.4 Å². The normalized spacial score (nSPS) is 32.0. The molecule has 2 aliphatic rings. The van der Waals surface area contributed by atoms with Gasteiger partial charge in [-0.15, -0.1) is 0 Å². The Morgan fingerprint density at radius 3 is 3.10 bits per heavy atom. The van der Waals surface area contributed by atoms with E-state index in [0.717, 1.165) is 0 Å². The summed E-state index contributed by atoms with van der Waals surface area (Å²) in [5, 5.41) is 3.47. The average molecular weight is 239 g/mol. The molecular formula is C8H14InN. The van der Waals surface area contributed by atoms with Gasteiger partial charge in [-0.25, -0.2) is 0 Å². The van der Waals surface area contributed by atoms with Crippen molar-refractivity contribution in [3.05, 3.63) is 9.91 Å². The Morgan fingerprint density at radius 2 is 2.50 bits per heavy atom. The fourth-order valence-corrected chi connectivity index (χ4v) is 11.1. The molecular weight excluding hydrogens is 225 g/mol. The third kappa shape index (κ3) is 1.42. The zero-order valence-electron chi connectivity index (χ0n) is 6.34. The second-order valence-corrected chi connectivity index (χ2v) is 12.6. The molecule has 1 N–H and O–H groups in total. The summed E-state index contributed by atoms with van der Waals surface area (Å²) in [4.78, 5) is 0. The molecule has 1 atom stereocenters. The third-order valence-corrected chi connectivity index (χ3v) is 12.9. The molecule has 1 unspecified atom stereocenters. The Bertz CT molecular complexity index is 138. The van der Waals surface area contributed by atoms with Crippen molar-refractivity contribution in [2.45, 2.75) is 20.7 Å². The van der Waals surface area contributed by atoms with Crippen molar-refractivity contribution >= 4 is 21.4 Å². The van der Waals surface area contributed by atoms with Crippen LogP contribution in [0.3, 0.4) is 0 Å². The first-order chi connectivity index (χ1) is 4.97. The first kappa shape index (κ1) is 7.23. The van der Waals surface area contributed by atoms with Gasteiger partial charge in [-0.3, -0.25) is 0 Å². The molecule has 2 aliphatic heterocycles. The molecule has 1 fully saturated rings. The molecule has 0 aliphatic carbocycles. The molecule has 0 aromatic carbocycles. The standard InChI is InChI=1S/C4H8N.C4H6.In/c1-2-4-5-3-1;1-3-4-2;/h1,5H,2-4H2;1,3H,2,4H2;. The van der Waals surface area contributed by atoms with Crippen LogP contribution in [0.25, 0.3) is 0 Å². The third-order valence-electron chi connectivity index (χ3n) is 2.75. The Kier molecular flexibility index (Phi) is 2.39. The first-order valence-corrected chi connectivity index (χ1v) is 10.5. The molecule has 0 radical (unpaired) electrons. The second kappa shape index (κ2) is 3.31. The molecule has 2 heteroatoms. The fourth-order valence-electron chi connectivity index (χ4n) is 2.09. The fraction of sp³-hybridized carbons (Fsp3) is 0.750. The van der Waals surface area contributed by atoms with E-state index in [2.05, 4.69) is 15.2 Å². The quantitative estimate of drug-likeness (QED) is 0.728. The van der Waals surface area contributed by atoms with Crippen LogP contribution in [0.5, 0.6) is 0 Å². The van der Waals surface area contributed by atoms with E-state index in [0.29, 0.717) is 0 Å². The van der Waals surface area contributed by atoms with Gasteiger partial charge in [0.15, 0.2) is 0 Å². The summed E-state index contributed by atoms with van der Waals surface area (Å²) in [7, 11) is 0. The van der Waals surface area contributed by atoms with Gasteiger partial charge in [0, 0.05) is 0 Å². The summed E-state index contributed by atoms with van der Waals surface area (Å²) in [5.74, 6) is 0. The summed E-state index contributed by atoms with van der Waals surface area (Å²) in [6.45, 7) is 2.65. The van der Waals surface area contributed by atoms with Crippen molar-refractivity contribution < 1.29 is 0 Å². The monoisotopic (exact) mass is 239 g/mol. The SMILES string of the molecule is C1=[CH][In]([CH]2CCNC2)[CH2]C1. The molecule has 1 saturated heterocycles. The molecule has 10 heavy (non-hydrogen) atoms. The van der Waals surface area contributed by atoms with Crippen LogP contribution in [0.15, 0.2) is 9.91 Å². The molecule has 2 rings (SSSR count). The molecule has 0 amide bonds. The number of nitrogens with one attached hydrogen (secondary N) is 1. The van der Waals surface area contributed by atoms with Gasteiger partial charge in [-0.2, -0.15) is 0 Å². The number of hydrogen-bond donors (Lipinski definition) is 1. The molecule has 54 valence electrons. The first-order valence-electron chi connectivity index (χ1n) is 4.34. The van der Waals surface area contributed by atoms with Crippen LogP contribution in [0.4, 0.5) is 0 Å². The van der Waals surface area contributed by atoms with Crippen LogP contribution in [0, 0.1) is 0 Å². The zero-order chi connectivity index (χ0) is 6.81. The van der Waals surface area contributed by atoms with Gasteiger partial charge in [0.05, 0.1) is 0 Å². The van der Waals surface area contributed by atoms with E-state index in [-0.39, 0.29) is 0 Å². The van der Waals surface area contributed by atoms with Crippen LogP contribution >= 0.6 is 0 Å². The number of rotatable bonds is 1. The molecule has 2 heterocycles. The number of allylic oxidation sites excluding steroid dienone is 1. The van der Waals surface area contributed by atoms with Gasteiger partial charge in [-0.1, -0.05) is 0 Å². The predicted molar refractivity (Wildman–Crippen MR) is 45.6 cm³/mol. The van der Waals surface area contributed by atoms with Gasteiger partial charge in [0.25, 0.3) is 0 Å². The molecule has 0 aromatic rings. The van der Waals surface area contributed by atoms with Crippen LogP contribution in [0.1, 0.15) is 12.8 Å². The van der Waals surface area contributed by atoms with E-state index < -0.39 is 21.4 Å². The van der Waals surface area contributed by atoms with E-state index in [4.69, 9.17) is 0 Å². The second-order valence-electron chi connectivity index (χ2n) is 3.42. The van der Waals surface area contributed by atoms with Crippen molar-refractivity contribution in [1.82, 2.24) is 5.32 Å². The van der Waals surface area contributed by atoms with E-state index in [1.165, 1.54) is 29.6 Å². The predicted octanol–water partition coefficient (Wildman–Crippen LogP) is 1.34. The van der Waals surface area contributed by atoms with Gasteiger partial charge in [-0.05, 0) is 0 Å². The van der Waals surface area contributed by atoms with Crippen molar-refractivity contribution in [1.29, 1.82) is 0 Å². The molecule has 0 spiro atoms. The van der Waals surface area contributed by atoms with Crippen molar-refractivity contribution in [3.8, 4) is 0 Å². The summed E-state index contributed by atoms with van der Waals surface area (Å²) >= 11 is -1.04. The topological polar surface area (TPSA) is 12.0 Å². The minimum atomic E-state index is -1.04. The van der Waals surface area contributed by atoms with Crippen molar-refractivity contribution in [3.63, 3.8) is 0 Å². The molecule has 0 aromatic heterocycles. The number of hydrogen-bond acceptors (Lipinski definition) is 1. The molecule has 0 saturated carbocycles. The van der Waals surface area contributed by atoms with Gasteiger partial charge < -0.3 is 0 Å². The Morgan fingerprint density at radius 1 is 1.50 bits per heavy atom. The summed E-state index contributed by atoms with van der Waals surface area (Å²) in [6, 6.07) is 0. The molecule has 1 nitrogen and oxygen atoms in total. The van der Waals surface area contributed by atoms with E-state index in [1.54, 1.807) is 4.18 Å². The summed E-state index contributed by atoms with van der Waals surface area (Å²) in [5.41, 5.74) is 0. The minimum absolute atomic E-state index is 1.04. The molecule has 0 bridgehead atoms. The average Bonchev–Trinajstić information content (AvgIpc) is 2.59.